The quantitative estimate of drug-likeness (QED) is 0.844. The number of anilines is 1. The Hall–Kier alpha value is -2.10. The van der Waals surface area contributed by atoms with Gasteiger partial charge in [0.05, 0.1) is 5.56 Å². The number of pyridine rings is 1. The van der Waals surface area contributed by atoms with Crippen molar-refractivity contribution in [2.75, 3.05) is 5.73 Å². The second-order valence-electron chi connectivity index (χ2n) is 4.90. The van der Waals surface area contributed by atoms with E-state index in [0.717, 1.165) is 17.2 Å². The van der Waals surface area contributed by atoms with Crippen LogP contribution in [0.25, 0.3) is 10.8 Å². The SMILES string of the molecule is CC1CC1NC(=O)c1cnc(N)c2ccccc12. The summed E-state index contributed by atoms with van der Waals surface area (Å²) >= 11 is 0. The Labute approximate surface area is 105 Å². The largest absolute Gasteiger partial charge is 0.383 e. The summed E-state index contributed by atoms with van der Waals surface area (Å²) in [7, 11) is 0. The molecular formula is C14H15N3O. The molecule has 4 heteroatoms. The average molecular weight is 241 g/mol. The number of amides is 1. The Balaban J connectivity index is 2.01. The number of benzene rings is 1. The van der Waals surface area contributed by atoms with Crippen molar-refractivity contribution in [1.29, 1.82) is 0 Å². The number of hydrogen-bond donors (Lipinski definition) is 2. The van der Waals surface area contributed by atoms with E-state index < -0.39 is 0 Å². The van der Waals surface area contributed by atoms with Crippen LogP contribution in [0.2, 0.25) is 0 Å². The Morgan fingerprint density at radius 1 is 1.39 bits per heavy atom. The van der Waals surface area contributed by atoms with E-state index in [2.05, 4.69) is 17.2 Å². The van der Waals surface area contributed by atoms with Crippen molar-refractivity contribution >= 4 is 22.5 Å². The van der Waals surface area contributed by atoms with Crippen LogP contribution in [0, 0.1) is 5.92 Å². The van der Waals surface area contributed by atoms with Gasteiger partial charge in [0.25, 0.3) is 5.91 Å². The zero-order valence-corrected chi connectivity index (χ0v) is 10.2. The fourth-order valence-electron chi connectivity index (χ4n) is 2.16. The normalized spacial score (nSPS) is 21.8. The van der Waals surface area contributed by atoms with Gasteiger partial charge in [-0.15, -0.1) is 0 Å². The molecule has 1 amide bonds. The van der Waals surface area contributed by atoms with Gasteiger partial charge in [0.2, 0.25) is 0 Å². The van der Waals surface area contributed by atoms with Crippen LogP contribution in [0.5, 0.6) is 0 Å². The lowest BCUT2D eigenvalue weighted by Crippen LogP contribution is -2.26. The summed E-state index contributed by atoms with van der Waals surface area (Å²) in [5, 5.41) is 4.70. The van der Waals surface area contributed by atoms with Crippen LogP contribution in [-0.2, 0) is 0 Å². The first kappa shape index (κ1) is 11.0. The molecule has 18 heavy (non-hydrogen) atoms. The molecule has 1 fully saturated rings. The first-order valence-electron chi connectivity index (χ1n) is 6.11. The van der Waals surface area contributed by atoms with Gasteiger partial charge >= 0.3 is 0 Å². The molecule has 1 aliphatic carbocycles. The number of nitrogens with zero attached hydrogens (tertiary/aromatic N) is 1. The summed E-state index contributed by atoms with van der Waals surface area (Å²) in [4.78, 5) is 16.3. The number of nitrogen functional groups attached to an aromatic ring is 1. The predicted molar refractivity (Wildman–Crippen MR) is 71.2 cm³/mol. The average Bonchev–Trinajstić information content (AvgIpc) is 3.05. The van der Waals surface area contributed by atoms with Crippen LogP contribution in [0.3, 0.4) is 0 Å². The molecule has 4 nitrogen and oxygen atoms in total. The number of carbonyl (C=O) groups excluding carboxylic acids is 1. The third-order valence-electron chi connectivity index (χ3n) is 3.50. The van der Waals surface area contributed by atoms with Crippen LogP contribution in [0.1, 0.15) is 23.7 Å². The van der Waals surface area contributed by atoms with Crippen molar-refractivity contribution in [2.45, 2.75) is 19.4 Å². The van der Waals surface area contributed by atoms with Gasteiger partial charge in [-0.3, -0.25) is 4.79 Å². The molecule has 2 atom stereocenters. The Kier molecular flexibility index (Phi) is 2.44. The minimum atomic E-state index is -0.0620. The highest BCUT2D eigenvalue weighted by Crippen LogP contribution is 2.30. The van der Waals surface area contributed by atoms with Crippen molar-refractivity contribution in [3.05, 3.63) is 36.0 Å². The number of nitrogens with two attached hydrogens (primary N) is 1. The second kappa shape index (κ2) is 3.98. The zero-order chi connectivity index (χ0) is 12.7. The number of rotatable bonds is 2. The van der Waals surface area contributed by atoms with Crippen molar-refractivity contribution in [1.82, 2.24) is 10.3 Å². The molecule has 0 radical (unpaired) electrons. The first-order valence-corrected chi connectivity index (χ1v) is 6.11. The van der Waals surface area contributed by atoms with Gasteiger partial charge in [0, 0.05) is 17.6 Å². The summed E-state index contributed by atoms with van der Waals surface area (Å²) in [6, 6.07) is 7.89. The summed E-state index contributed by atoms with van der Waals surface area (Å²) in [5.74, 6) is 0.983. The van der Waals surface area contributed by atoms with E-state index in [1.165, 1.54) is 0 Å². The highest BCUT2D eigenvalue weighted by molar-refractivity contribution is 6.09. The highest BCUT2D eigenvalue weighted by atomic mass is 16.1. The molecule has 1 aromatic heterocycles. The molecule has 2 unspecified atom stereocenters. The third kappa shape index (κ3) is 1.79. The molecule has 1 heterocycles. The smallest absolute Gasteiger partial charge is 0.253 e. The van der Waals surface area contributed by atoms with E-state index in [4.69, 9.17) is 5.73 Å². The van der Waals surface area contributed by atoms with Crippen molar-refractivity contribution < 1.29 is 4.79 Å². The number of carbonyl (C=O) groups is 1. The second-order valence-corrected chi connectivity index (χ2v) is 4.90. The maximum absolute atomic E-state index is 12.2. The lowest BCUT2D eigenvalue weighted by molar-refractivity contribution is 0.0950. The van der Waals surface area contributed by atoms with Gasteiger partial charge in [-0.1, -0.05) is 31.2 Å². The van der Waals surface area contributed by atoms with Crippen LogP contribution in [0.15, 0.2) is 30.5 Å². The fraction of sp³-hybridized carbons (Fsp3) is 0.286. The summed E-state index contributed by atoms with van der Waals surface area (Å²) in [6.45, 7) is 2.13. The zero-order valence-electron chi connectivity index (χ0n) is 10.2. The van der Waals surface area contributed by atoms with Crippen LogP contribution < -0.4 is 11.1 Å². The highest BCUT2D eigenvalue weighted by Gasteiger charge is 2.34. The van der Waals surface area contributed by atoms with Crippen LogP contribution in [-0.4, -0.2) is 16.9 Å². The molecule has 0 saturated heterocycles. The summed E-state index contributed by atoms with van der Waals surface area (Å²) < 4.78 is 0. The lowest BCUT2D eigenvalue weighted by Gasteiger charge is -2.08. The fourth-order valence-corrected chi connectivity index (χ4v) is 2.16. The van der Waals surface area contributed by atoms with Gasteiger partial charge in [0.1, 0.15) is 5.82 Å². The van der Waals surface area contributed by atoms with Crippen molar-refractivity contribution in [2.24, 2.45) is 5.92 Å². The van der Waals surface area contributed by atoms with Crippen LogP contribution >= 0.6 is 0 Å². The Bertz CT molecular complexity index is 623. The molecule has 0 spiro atoms. The molecule has 1 saturated carbocycles. The molecule has 92 valence electrons. The maximum Gasteiger partial charge on any atom is 0.253 e. The van der Waals surface area contributed by atoms with Gasteiger partial charge in [-0.05, 0) is 17.7 Å². The lowest BCUT2D eigenvalue weighted by atomic mass is 10.1. The maximum atomic E-state index is 12.2. The minimum Gasteiger partial charge on any atom is -0.383 e. The van der Waals surface area contributed by atoms with E-state index in [1.54, 1.807) is 6.20 Å². The number of nitrogens with one attached hydrogen (secondary N) is 1. The van der Waals surface area contributed by atoms with E-state index in [9.17, 15) is 4.79 Å². The van der Waals surface area contributed by atoms with E-state index in [0.29, 0.717) is 23.3 Å². The number of fused-ring (bicyclic) bond motifs is 1. The molecule has 2 aromatic rings. The van der Waals surface area contributed by atoms with Crippen LogP contribution in [0.4, 0.5) is 5.82 Å². The van der Waals surface area contributed by atoms with Gasteiger partial charge in [-0.25, -0.2) is 4.98 Å². The molecule has 3 rings (SSSR count). The molecule has 3 N–H and O–H groups in total. The van der Waals surface area contributed by atoms with E-state index in [1.807, 2.05) is 24.3 Å². The Morgan fingerprint density at radius 3 is 2.72 bits per heavy atom. The molecule has 0 bridgehead atoms. The standard InChI is InChI=1S/C14H15N3O/c1-8-6-12(8)17-14(18)11-7-16-13(15)10-5-3-2-4-9(10)11/h2-5,7-8,12H,6H2,1H3,(H2,15,16)(H,17,18). The predicted octanol–water partition coefficient (Wildman–Crippen LogP) is 1.96. The monoisotopic (exact) mass is 241 g/mol. The third-order valence-corrected chi connectivity index (χ3v) is 3.50. The molecule has 0 aliphatic heterocycles. The first-order chi connectivity index (χ1) is 8.66. The van der Waals surface area contributed by atoms with E-state index >= 15 is 0 Å². The van der Waals surface area contributed by atoms with Crippen molar-refractivity contribution in [3.63, 3.8) is 0 Å². The van der Waals surface area contributed by atoms with Gasteiger partial charge in [-0.2, -0.15) is 0 Å². The topological polar surface area (TPSA) is 68.0 Å². The van der Waals surface area contributed by atoms with Gasteiger partial charge < -0.3 is 11.1 Å². The Morgan fingerprint density at radius 2 is 2.06 bits per heavy atom. The number of hydrogen-bond acceptors (Lipinski definition) is 3. The van der Waals surface area contributed by atoms with Gasteiger partial charge in [0.15, 0.2) is 0 Å². The molecular weight excluding hydrogens is 226 g/mol. The molecule has 1 aliphatic rings. The summed E-state index contributed by atoms with van der Waals surface area (Å²) in [6.07, 6.45) is 2.62. The minimum absolute atomic E-state index is 0.0620. The van der Waals surface area contributed by atoms with Crippen molar-refractivity contribution in [3.8, 4) is 0 Å². The summed E-state index contributed by atoms with van der Waals surface area (Å²) in [5.41, 5.74) is 6.41. The number of aromatic nitrogens is 1. The van der Waals surface area contributed by atoms with E-state index in [-0.39, 0.29) is 5.91 Å². The molecule has 1 aromatic carbocycles.